The summed E-state index contributed by atoms with van der Waals surface area (Å²) in [6.07, 6.45) is 22.4. The smallest absolute Gasteiger partial charge is 0.353 e. The van der Waals surface area contributed by atoms with Gasteiger partial charge in [0.1, 0.15) is 0 Å². The Morgan fingerprint density at radius 1 is 0.778 bits per heavy atom. The maximum atomic E-state index is 10.7. The van der Waals surface area contributed by atoms with E-state index in [-0.39, 0.29) is 13.0 Å². The number of aliphatic hydroxyl groups excluding tert-OH is 1. The Balaban J connectivity index is 3.18. The number of ether oxygens (including phenoxy) is 1. The molecule has 0 aliphatic heterocycles. The summed E-state index contributed by atoms with van der Waals surface area (Å²) in [5.41, 5.74) is 0. The van der Waals surface area contributed by atoms with Gasteiger partial charge in [-0.05, 0) is 32.1 Å². The van der Waals surface area contributed by atoms with Crippen molar-refractivity contribution in [2.24, 2.45) is 0 Å². The Kier molecular flexibility index (Phi) is 19.0. The number of allylic oxidation sites excluding steroid dienone is 2. The number of rotatable bonds is 20. The summed E-state index contributed by atoms with van der Waals surface area (Å²) in [5, 5.41) is 9.18. The van der Waals surface area contributed by atoms with Crippen LogP contribution < -0.4 is 0 Å². The van der Waals surface area contributed by atoms with Gasteiger partial charge in [0.05, 0.1) is 0 Å². The summed E-state index contributed by atoms with van der Waals surface area (Å²) >= 11 is 0. The molecule has 0 rings (SSSR count). The van der Waals surface area contributed by atoms with Gasteiger partial charge in [0.15, 0.2) is 5.85 Å². The van der Waals surface area contributed by atoms with Crippen LogP contribution in [0.25, 0.3) is 0 Å². The number of hydrogen-bond donors (Lipinski definition) is 3. The zero-order valence-electron chi connectivity index (χ0n) is 17.4. The SMILES string of the molecule is CCCCCCCC/C=C\CCCCCCCCOCCC(O)P(=O)(O)O. The van der Waals surface area contributed by atoms with Crippen molar-refractivity contribution in [1.82, 2.24) is 0 Å². The molecule has 0 aromatic heterocycles. The molecule has 162 valence electrons. The van der Waals surface area contributed by atoms with Crippen molar-refractivity contribution >= 4 is 7.60 Å². The molecule has 5 nitrogen and oxygen atoms in total. The van der Waals surface area contributed by atoms with E-state index >= 15 is 0 Å². The highest BCUT2D eigenvalue weighted by molar-refractivity contribution is 7.52. The molecule has 0 aromatic carbocycles. The molecule has 0 saturated carbocycles. The van der Waals surface area contributed by atoms with Gasteiger partial charge in [-0.1, -0.05) is 76.9 Å². The highest BCUT2D eigenvalue weighted by atomic mass is 31.2. The summed E-state index contributed by atoms with van der Waals surface area (Å²) < 4.78 is 16.0. The maximum absolute atomic E-state index is 10.7. The lowest BCUT2D eigenvalue weighted by atomic mass is 10.1. The monoisotopic (exact) mass is 406 g/mol. The lowest BCUT2D eigenvalue weighted by Gasteiger charge is -2.12. The molecule has 0 aliphatic carbocycles. The number of unbranched alkanes of at least 4 members (excludes halogenated alkanes) is 12. The lowest BCUT2D eigenvalue weighted by Crippen LogP contribution is -2.11. The van der Waals surface area contributed by atoms with E-state index in [1.807, 2.05) is 0 Å². The molecule has 0 radical (unpaired) electrons. The first kappa shape index (κ1) is 26.8. The Hall–Kier alpha value is -0.190. The van der Waals surface area contributed by atoms with E-state index in [1.54, 1.807) is 0 Å². The van der Waals surface area contributed by atoms with Gasteiger partial charge in [-0.2, -0.15) is 0 Å². The zero-order chi connectivity index (χ0) is 20.2. The molecule has 1 atom stereocenters. The van der Waals surface area contributed by atoms with Crippen LogP contribution in [0.2, 0.25) is 0 Å². The first-order chi connectivity index (χ1) is 13.0. The van der Waals surface area contributed by atoms with E-state index in [0.717, 1.165) is 12.8 Å². The Labute approximate surface area is 166 Å². The average molecular weight is 407 g/mol. The molecule has 6 heteroatoms. The van der Waals surface area contributed by atoms with Crippen LogP contribution in [0.3, 0.4) is 0 Å². The van der Waals surface area contributed by atoms with E-state index in [4.69, 9.17) is 14.5 Å². The topological polar surface area (TPSA) is 87.0 Å². The molecular weight excluding hydrogens is 363 g/mol. The third-order valence-electron chi connectivity index (χ3n) is 4.71. The predicted octanol–water partition coefficient (Wildman–Crippen LogP) is 5.93. The molecule has 0 spiro atoms. The van der Waals surface area contributed by atoms with Crippen molar-refractivity contribution in [2.75, 3.05) is 13.2 Å². The van der Waals surface area contributed by atoms with Crippen LogP contribution >= 0.6 is 7.60 Å². The fourth-order valence-electron chi connectivity index (χ4n) is 2.91. The van der Waals surface area contributed by atoms with Crippen molar-refractivity contribution in [3.8, 4) is 0 Å². The van der Waals surface area contributed by atoms with E-state index in [2.05, 4.69) is 19.1 Å². The largest absolute Gasteiger partial charge is 0.381 e. The molecule has 0 aliphatic rings. The fraction of sp³-hybridized carbons (Fsp3) is 0.905. The molecule has 1 unspecified atom stereocenters. The van der Waals surface area contributed by atoms with E-state index in [9.17, 15) is 9.67 Å². The molecule has 0 aromatic rings. The summed E-state index contributed by atoms with van der Waals surface area (Å²) in [4.78, 5) is 17.5. The van der Waals surface area contributed by atoms with Gasteiger partial charge in [0, 0.05) is 19.6 Å². The first-order valence-electron chi connectivity index (χ1n) is 10.9. The minimum Gasteiger partial charge on any atom is -0.381 e. The van der Waals surface area contributed by atoms with Crippen molar-refractivity contribution < 1.29 is 24.2 Å². The van der Waals surface area contributed by atoms with Crippen molar-refractivity contribution in [3.05, 3.63) is 12.2 Å². The number of hydrogen-bond acceptors (Lipinski definition) is 3. The normalized spacial score (nSPS) is 13.5. The van der Waals surface area contributed by atoms with Crippen molar-refractivity contribution in [1.29, 1.82) is 0 Å². The van der Waals surface area contributed by atoms with Crippen LogP contribution in [0.4, 0.5) is 0 Å². The van der Waals surface area contributed by atoms with Gasteiger partial charge in [0.2, 0.25) is 0 Å². The highest BCUT2D eigenvalue weighted by Crippen LogP contribution is 2.40. The second-order valence-corrected chi connectivity index (χ2v) is 9.18. The molecule has 0 amide bonds. The minimum absolute atomic E-state index is 0.0172. The Morgan fingerprint density at radius 2 is 1.26 bits per heavy atom. The van der Waals surface area contributed by atoms with Crippen LogP contribution in [0.15, 0.2) is 12.2 Å². The third-order valence-corrected chi connectivity index (χ3v) is 5.74. The Bertz CT molecular complexity index is 381. The summed E-state index contributed by atoms with van der Waals surface area (Å²) in [6, 6.07) is 0. The molecule has 3 N–H and O–H groups in total. The highest BCUT2D eigenvalue weighted by Gasteiger charge is 2.25. The van der Waals surface area contributed by atoms with Gasteiger partial charge in [-0.25, -0.2) is 0 Å². The predicted molar refractivity (Wildman–Crippen MR) is 113 cm³/mol. The second kappa shape index (κ2) is 19.1. The third kappa shape index (κ3) is 20.4. The Morgan fingerprint density at radius 3 is 1.78 bits per heavy atom. The van der Waals surface area contributed by atoms with Gasteiger partial charge in [-0.3, -0.25) is 4.57 Å². The average Bonchev–Trinajstić information content (AvgIpc) is 2.62. The first-order valence-corrected chi connectivity index (χ1v) is 12.6. The molecular formula is C21H43O5P. The van der Waals surface area contributed by atoms with Crippen molar-refractivity contribution in [2.45, 2.75) is 109 Å². The zero-order valence-corrected chi connectivity index (χ0v) is 18.3. The van der Waals surface area contributed by atoms with Gasteiger partial charge < -0.3 is 19.6 Å². The van der Waals surface area contributed by atoms with E-state index in [0.29, 0.717) is 6.61 Å². The van der Waals surface area contributed by atoms with E-state index < -0.39 is 13.4 Å². The maximum Gasteiger partial charge on any atom is 0.353 e. The lowest BCUT2D eigenvalue weighted by molar-refractivity contribution is 0.0954. The molecule has 0 saturated heterocycles. The summed E-state index contributed by atoms with van der Waals surface area (Å²) in [7, 11) is -4.38. The molecule has 0 heterocycles. The quantitative estimate of drug-likeness (QED) is 0.133. The van der Waals surface area contributed by atoms with Crippen molar-refractivity contribution in [3.63, 3.8) is 0 Å². The van der Waals surface area contributed by atoms with Crippen LogP contribution in [-0.4, -0.2) is 34.0 Å². The van der Waals surface area contributed by atoms with Crippen LogP contribution in [-0.2, 0) is 9.30 Å². The minimum atomic E-state index is -4.38. The van der Waals surface area contributed by atoms with E-state index in [1.165, 1.54) is 77.0 Å². The molecule has 0 fully saturated rings. The molecule has 27 heavy (non-hydrogen) atoms. The standard InChI is InChI=1S/C21H43O5P/c1-2-3-4-5-6-7-8-9-10-11-12-13-14-15-16-17-19-26-20-18-21(22)27(23,24)25/h9-10,21-22H,2-8,11-20H2,1H3,(H2,23,24,25)/b10-9-. The van der Waals surface area contributed by atoms with Gasteiger partial charge in [-0.15, -0.1) is 0 Å². The molecule has 0 bridgehead atoms. The van der Waals surface area contributed by atoms with Crippen LogP contribution in [0.1, 0.15) is 103 Å². The second-order valence-electron chi connectivity index (χ2n) is 7.41. The number of aliphatic hydroxyl groups is 1. The summed E-state index contributed by atoms with van der Waals surface area (Å²) in [6.45, 7) is 3.04. The van der Waals surface area contributed by atoms with Gasteiger partial charge >= 0.3 is 7.60 Å². The van der Waals surface area contributed by atoms with Crippen LogP contribution in [0, 0.1) is 0 Å². The summed E-state index contributed by atoms with van der Waals surface area (Å²) in [5.74, 6) is -1.60. The fourth-order valence-corrected chi connectivity index (χ4v) is 3.35. The van der Waals surface area contributed by atoms with Gasteiger partial charge in [0.25, 0.3) is 0 Å². The van der Waals surface area contributed by atoms with Crippen LogP contribution in [0.5, 0.6) is 0 Å².